The van der Waals surface area contributed by atoms with Gasteiger partial charge in [-0.1, -0.05) is 13.8 Å². The van der Waals surface area contributed by atoms with E-state index in [1.165, 1.54) is 7.11 Å². The molecule has 1 saturated heterocycles. The summed E-state index contributed by atoms with van der Waals surface area (Å²) in [6.45, 7) is 10.8. The fourth-order valence-electron chi connectivity index (χ4n) is 3.95. The second-order valence-corrected chi connectivity index (χ2v) is 7.60. The Hall–Kier alpha value is -2.15. The molecule has 0 N–H and O–H groups in total. The topological polar surface area (TPSA) is 77.8 Å². The van der Waals surface area contributed by atoms with E-state index in [0.29, 0.717) is 36.5 Å². The van der Waals surface area contributed by atoms with Gasteiger partial charge >= 0.3 is 5.97 Å². The molecular weight excluding hydrogens is 360 g/mol. The lowest BCUT2D eigenvalue weighted by atomic mass is 10.0. The first-order valence-electron chi connectivity index (χ1n) is 9.94. The number of ketones is 1. The van der Waals surface area contributed by atoms with Gasteiger partial charge in [-0.25, -0.2) is 4.79 Å². The highest BCUT2D eigenvalue weighted by atomic mass is 16.5. The summed E-state index contributed by atoms with van der Waals surface area (Å²) in [7, 11) is 1.33. The minimum Gasteiger partial charge on any atom is -0.464 e. The molecule has 0 aromatic carbocycles. The van der Waals surface area contributed by atoms with E-state index < -0.39 is 5.97 Å². The summed E-state index contributed by atoms with van der Waals surface area (Å²) in [4.78, 5) is 39.7. The highest BCUT2D eigenvalue weighted by Crippen LogP contribution is 2.24. The van der Waals surface area contributed by atoms with Crippen molar-refractivity contribution in [2.45, 2.75) is 60.1 Å². The Balaban J connectivity index is 2.33. The molecule has 1 aromatic rings. The third-order valence-corrected chi connectivity index (χ3v) is 5.33. The number of hydrogen-bond acceptors (Lipinski definition) is 5. The van der Waals surface area contributed by atoms with Crippen molar-refractivity contribution in [3.63, 3.8) is 0 Å². The van der Waals surface area contributed by atoms with Crippen LogP contribution in [0.15, 0.2) is 0 Å². The number of Topliss-reactive ketones (excluding diaryl/α,β-unsaturated/α-hetero) is 1. The Kier molecular flexibility index (Phi) is 7.41. The molecule has 7 nitrogen and oxygen atoms in total. The smallest absolute Gasteiger partial charge is 0.354 e. The van der Waals surface area contributed by atoms with Gasteiger partial charge in [0.1, 0.15) is 5.69 Å². The number of amides is 1. The van der Waals surface area contributed by atoms with Gasteiger partial charge in [0.05, 0.1) is 19.8 Å². The van der Waals surface area contributed by atoms with Crippen molar-refractivity contribution in [2.75, 3.05) is 26.8 Å². The second kappa shape index (κ2) is 9.37. The van der Waals surface area contributed by atoms with Crippen LogP contribution in [0.3, 0.4) is 0 Å². The normalized spacial score (nSPS) is 16.5. The van der Waals surface area contributed by atoms with E-state index in [2.05, 4.69) is 0 Å². The van der Waals surface area contributed by atoms with Crippen LogP contribution in [0.25, 0.3) is 0 Å². The van der Waals surface area contributed by atoms with Crippen LogP contribution in [0.2, 0.25) is 0 Å². The van der Waals surface area contributed by atoms with Crippen LogP contribution >= 0.6 is 0 Å². The van der Waals surface area contributed by atoms with Crippen LogP contribution in [0, 0.1) is 19.8 Å². The fourth-order valence-corrected chi connectivity index (χ4v) is 3.95. The molecular formula is C21H32N2O5. The molecule has 1 unspecified atom stereocenters. The summed E-state index contributed by atoms with van der Waals surface area (Å²) in [5.41, 5.74) is 2.22. The Morgan fingerprint density at radius 3 is 2.46 bits per heavy atom. The van der Waals surface area contributed by atoms with Crippen molar-refractivity contribution in [2.24, 2.45) is 5.92 Å². The maximum Gasteiger partial charge on any atom is 0.354 e. The van der Waals surface area contributed by atoms with Crippen molar-refractivity contribution in [1.29, 1.82) is 0 Å². The fraction of sp³-hybridized carbons (Fsp3) is 0.667. The van der Waals surface area contributed by atoms with Crippen molar-refractivity contribution in [1.82, 2.24) is 9.47 Å². The lowest BCUT2D eigenvalue weighted by Gasteiger charge is -2.26. The molecule has 28 heavy (non-hydrogen) atoms. The van der Waals surface area contributed by atoms with Crippen LogP contribution in [0.1, 0.15) is 65.7 Å². The Morgan fingerprint density at radius 1 is 1.29 bits per heavy atom. The van der Waals surface area contributed by atoms with Gasteiger partial charge in [-0.2, -0.15) is 0 Å². The van der Waals surface area contributed by atoms with Gasteiger partial charge in [-0.05, 0) is 39.2 Å². The van der Waals surface area contributed by atoms with Gasteiger partial charge in [-0.15, -0.1) is 0 Å². The highest BCUT2D eigenvalue weighted by molar-refractivity contribution is 6.04. The monoisotopic (exact) mass is 392 g/mol. The van der Waals surface area contributed by atoms with E-state index in [4.69, 9.17) is 9.47 Å². The largest absolute Gasteiger partial charge is 0.464 e. The van der Waals surface area contributed by atoms with Crippen LogP contribution in [-0.2, 0) is 20.8 Å². The van der Waals surface area contributed by atoms with Gasteiger partial charge in [0, 0.05) is 36.9 Å². The molecule has 156 valence electrons. The quantitative estimate of drug-likeness (QED) is 0.502. The number of hydrogen-bond donors (Lipinski definition) is 0. The first-order valence-corrected chi connectivity index (χ1v) is 9.94. The standard InChI is InChI=1S/C21H32N2O5/c1-7-23-15(5)18(14(4)19(23)21(26)27-6)17(24)12-22(20(25)13(2)3)11-16-9-8-10-28-16/h13,16H,7-12H2,1-6H3. The van der Waals surface area contributed by atoms with E-state index in [0.717, 1.165) is 18.5 Å². The maximum atomic E-state index is 13.2. The number of esters is 1. The van der Waals surface area contributed by atoms with Crippen molar-refractivity contribution < 1.29 is 23.9 Å². The van der Waals surface area contributed by atoms with Crippen LogP contribution < -0.4 is 0 Å². The molecule has 0 radical (unpaired) electrons. The molecule has 0 bridgehead atoms. The lowest BCUT2D eigenvalue weighted by molar-refractivity contribution is -0.135. The third-order valence-electron chi connectivity index (χ3n) is 5.33. The van der Waals surface area contributed by atoms with E-state index in [9.17, 15) is 14.4 Å². The van der Waals surface area contributed by atoms with Crippen LogP contribution in [-0.4, -0.2) is 60.0 Å². The predicted molar refractivity (Wildman–Crippen MR) is 106 cm³/mol. The zero-order chi connectivity index (χ0) is 21.0. The summed E-state index contributed by atoms with van der Waals surface area (Å²) >= 11 is 0. The van der Waals surface area contributed by atoms with Crippen molar-refractivity contribution in [3.8, 4) is 0 Å². The Labute approximate surface area is 167 Å². The van der Waals surface area contributed by atoms with E-state index >= 15 is 0 Å². The van der Waals surface area contributed by atoms with E-state index in [1.54, 1.807) is 16.4 Å². The molecule has 1 aliphatic heterocycles. The minimum atomic E-state index is -0.462. The minimum absolute atomic E-state index is 0.0209. The van der Waals surface area contributed by atoms with Crippen molar-refractivity contribution in [3.05, 3.63) is 22.5 Å². The van der Waals surface area contributed by atoms with Crippen molar-refractivity contribution >= 4 is 17.7 Å². The zero-order valence-electron chi connectivity index (χ0n) is 17.8. The summed E-state index contributed by atoms with van der Waals surface area (Å²) in [6, 6.07) is 0. The third kappa shape index (κ3) is 4.46. The number of aromatic nitrogens is 1. The van der Waals surface area contributed by atoms with Gasteiger partial charge < -0.3 is 18.9 Å². The SMILES string of the molecule is CCn1c(C)c(C(=O)CN(CC2CCCO2)C(=O)C(C)C)c(C)c1C(=O)OC. The average molecular weight is 392 g/mol. The van der Waals surface area contributed by atoms with Crippen LogP contribution in [0.5, 0.6) is 0 Å². The Bertz CT molecular complexity index is 744. The van der Waals surface area contributed by atoms with Crippen LogP contribution in [0.4, 0.5) is 0 Å². The van der Waals surface area contributed by atoms with E-state index in [-0.39, 0.29) is 30.3 Å². The highest BCUT2D eigenvalue weighted by Gasteiger charge is 2.30. The van der Waals surface area contributed by atoms with Gasteiger partial charge in [0.15, 0.2) is 5.78 Å². The Morgan fingerprint density at radius 2 is 1.96 bits per heavy atom. The number of carbonyl (C=O) groups excluding carboxylic acids is 3. The molecule has 0 spiro atoms. The molecule has 1 aromatic heterocycles. The lowest BCUT2D eigenvalue weighted by Crippen LogP contribution is -2.42. The number of ether oxygens (including phenoxy) is 2. The molecule has 1 atom stereocenters. The zero-order valence-corrected chi connectivity index (χ0v) is 17.8. The van der Waals surface area contributed by atoms with E-state index in [1.807, 2.05) is 27.7 Å². The number of rotatable bonds is 8. The molecule has 1 aliphatic rings. The second-order valence-electron chi connectivity index (χ2n) is 7.60. The summed E-state index contributed by atoms with van der Waals surface area (Å²) in [6.07, 6.45) is 1.85. The predicted octanol–water partition coefficient (Wildman–Crippen LogP) is 2.76. The summed E-state index contributed by atoms with van der Waals surface area (Å²) in [5, 5.41) is 0. The molecule has 7 heteroatoms. The molecule has 2 rings (SSSR count). The average Bonchev–Trinajstić information content (AvgIpc) is 3.25. The number of carbonyl (C=O) groups is 3. The maximum absolute atomic E-state index is 13.2. The molecule has 0 aliphatic carbocycles. The first-order chi connectivity index (χ1) is 13.2. The number of methoxy groups -OCH3 is 1. The van der Waals surface area contributed by atoms with Gasteiger partial charge in [0.2, 0.25) is 5.91 Å². The molecule has 1 fully saturated rings. The molecule has 0 saturated carbocycles. The molecule has 1 amide bonds. The summed E-state index contributed by atoms with van der Waals surface area (Å²) in [5.74, 6) is -0.903. The molecule has 2 heterocycles. The number of nitrogens with zero attached hydrogens (tertiary/aromatic N) is 2. The van der Waals surface area contributed by atoms with Gasteiger partial charge in [0.25, 0.3) is 0 Å². The first kappa shape index (κ1) is 22.1. The van der Waals surface area contributed by atoms with Gasteiger partial charge in [-0.3, -0.25) is 9.59 Å². The summed E-state index contributed by atoms with van der Waals surface area (Å²) < 4.78 is 12.4.